The molecule has 21 heavy (non-hydrogen) atoms. The van der Waals surface area contributed by atoms with Gasteiger partial charge in [0.15, 0.2) is 10.8 Å². The van der Waals surface area contributed by atoms with Crippen LogP contribution in [0.3, 0.4) is 0 Å². The van der Waals surface area contributed by atoms with E-state index in [4.69, 9.17) is 4.74 Å². The molecule has 1 aromatic heterocycles. The van der Waals surface area contributed by atoms with E-state index in [1.807, 2.05) is 6.92 Å². The van der Waals surface area contributed by atoms with Gasteiger partial charge in [-0.25, -0.2) is 9.78 Å². The SMILES string of the molecule is COC(=O)c1nc(N2CCC3(CCCCC3)CC2)sc1C. The molecule has 0 aromatic carbocycles. The number of aromatic nitrogens is 1. The normalized spacial score (nSPS) is 21.5. The van der Waals surface area contributed by atoms with Gasteiger partial charge < -0.3 is 9.64 Å². The quantitative estimate of drug-likeness (QED) is 0.780. The number of nitrogens with zero attached hydrogens (tertiary/aromatic N) is 2. The topological polar surface area (TPSA) is 42.4 Å². The van der Waals surface area contributed by atoms with Crippen LogP contribution in [0.2, 0.25) is 0 Å². The standard InChI is InChI=1S/C16H24N2O2S/c1-12-13(14(19)20-2)17-15(21-12)18-10-8-16(9-11-18)6-4-3-5-7-16/h3-11H2,1-2H3. The Morgan fingerprint density at radius 2 is 1.86 bits per heavy atom. The predicted molar refractivity (Wildman–Crippen MR) is 85.2 cm³/mol. The third kappa shape index (κ3) is 2.93. The van der Waals surface area contributed by atoms with Crippen LogP contribution in [0.5, 0.6) is 0 Å². The molecular weight excluding hydrogens is 284 g/mol. The van der Waals surface area contributed by atoms with Crippen LogP contribution in [0.4, 0.5) is 5.13 Å². The smallest absolute Gasteiger partial charge is 0.357 e. The molecule has 0 radical (unpaired) electrons. The van der Waals surface area contributed by atoms with Gasteiger partial charge in [-0.15, -0.1) is 11.3 Å². The third-order valence-corrected chi connectivity index (χ3v) is 6.20. The van der Waals surface area contributed by atoms with Crippen molar-refractivity contribution in [3.8, 4) is 0 Å². The Labute approximate surface area is 130 Å². The molecule has 4 nitrogen and oxygen atoms in total. The molecule has 0 bridgehead atoms. The van der Waals surface area contributed by atoms with Gasteiger partial charge >= 0.3 is 5.97 Å². The first kappa shape index (κ1) is 14.8. The maximum absolute atomic E-state index is 11.7. The molecule has 2 heterocycles. The van der Waals surface area contributed by atoms with Crippen LogP contribution >= 0.6 is 11.3 Å². The lowest BCUT2D eigenvalue weighted by molar-refractivity contribution is 0.0594. The van der Waals surface area contributed by atoms with Crippen LogP contribution in [0.15, 0.2) is 0 Å². The van der Waals surface area contributed by atoms with E-state index in [0.717, 1.165) is 23.1 Å². The number of piperidine rings is 1. The fourth-order valence-corrected chi connectivity index (χ4v) is 4.73. The second kappa shape index (κ2) is 5.95. The Balaban J connectivity index is 1.68. The average molecular weight is 308 g/mol. The zero-order valence-electron chi connectivity index (χ0n) is 13.0. The third-order valence-electron chi connectivity index (χ3n) is 5.17. The van der Waals surface area contributed by atoms with Crippen LogP contribution in [-0.4, -0.2) is 31.2 Å². The molecule has 1 aliphatic carbocycles. The highest BCUT2D eigenvalue weighted by atomic mass is 32.1. The van der Waals surface area contributed by atoms with Crippen molar-refractivity contribution in [1.82, 2.24) is 4.98 Å². The van der Waals surface area contributed by atoms with Crippen molar-refractivity contribution < 1.29 is 9.53 Å². The summed E-state index contributed by atoms with van der Waals surface area (Å²) in [5, 5.41) is 0.985. The molecule has 1 aromatic rings. The van der Waals surface area contributed by atoms with Crippen LogP contribution < -0.4 is 4.90 Å². The minimum absolute atomic E-state index is 0.323. The number of rotatable bonds is 2. The summed E-state index contributed by atoms with van der Waals surface area (Å²) in [6.07, 6.45) is 9.60. The molecule has 116 valence electrons. The van der Waals surface area contributed by atoms with Gasteiger partial charge in [0.25, 0.3) is 0 Å². The molecule has 1 aliphatic heterocycles. The molecule has 0 atom stereocenters. The molecule has 3 rings (SSSR count). The zero-order valence-corrected chi connectivity index (χ0v) is 13.8. The van der Waals surface area contributed by atoms with Crippen molar-refractivity contribution in [3.63, 3.8) is 0 Å². The maximum Gasteiger partial charge on any atom is 0.357 e. The van der Waals surface area contributed by atoms with E-state index in [-0.39, 0.29) is 5.97 Å². The minimum Gasteiger partial charge on any atom is -0.464 e. The van der Waals surface area contributed by atoms with Gasteiger partial charge in [-0.2, -0.15) is 0 Å². The van der Waals surface area contributed by atoms with Crippen LogP contribution in [0, 0.1) is 12.3 Å². The number of aryl methyl sites for hydroxylation is 1. The summed E-state index contributed by atoms with van der Waals surface area (Å²) in [6.45, 7) is 4.10. The van der Waals surface area contributed by atoms with Gasteiger partial charge in [0.1, 0.15) is 0 Å². The van der Waals surface area contributed by atoms with Gasteiger partial charge in [0.05, 0.1) is 7.11 Å². The summed E-state index contributed by atoms with van der Waals surface area (Å²) >= 11 is 1.61. The molecule has 5 heteroatoms. The van der Waals surface area contributed by atoms with Crippen molar-refractivity contribution in [2.45, 2.75) is 51.9 Å². The Kier molecular flexibility index (Phi) is 4.20. The molecule has 0 N–H and O–H groups in total. The summed E-state index contributed by atoms with van der Waals surface area (Å²) in [4.78, 5) is 19.5. The molecule has 2 aliphatic rings. The number of carbonyl (C=O) groups excluding carboxylic acids is 1. The lowest BCUT2D eigenvalue weighted by Gasteiger charge is -2.44. The highest BCUT2D eigenvalue weighted by Crippen LogP contribution is 2.45. The van der Waals surface area contributed by atoms with E-state index in [0.29, 0.717) is 11.1 Å². The Morgan fingerprint density at radius 3 is 2.48 bits per heavy atom. The van der Waals surface area contributed by atoms with E-state index in [2.05, 4.69) is 9.88 Å². The van der Waals surface area contributed by atoms with Gasteiger partial charge in [-0.3, -0.25) is 0 Å². The first-order chi connectivity index (χ1) is 10.1. The second-order valence-electron chi connectivity index (χ2n) is 6.44. The van der Waals surface area contributed by atoms with E-state index < -0.39 is 0 Å². The first-order valence-corrected chi connectivity index (χ1v) is 8.76. The Morgan fingerprint density at radius 1 is 1.19 bits per heavy atom. The summed E-state index contributed by atoms with van der Waals surface area (Å²) in [5.41, 5.74) is 1.09. The average Bonchev–Trinajstić information content (AvgIpc) is 2.90. The van der Waals surface area contributed by atoms with Crippen LogP contribution in [0.1, 0.15) is 60.3 Å². The van der Waals surface area contributed by atoms with E-state index in [1.54, 1.807) is 11.3 Å². The fraction of sp³-hybridized carbons (Fsp3) is 0.750. The van der Waals surface area contributed by atoms with Gasteiger partial charge in [0.2, 0.25) is 0 Å². The number of anilines is 1. The molecule has 1 saturated carbocycles. The van der Waals surface area contributed by atoms with Crippen LogP contribution in [0.25, 0.3) is 0 Å². The van der Waals surface area contributed by atoms with Crippen molar-refractivity contribution in [1.29, 1.82) is 0 Å². The molecule has 2 fully saturated rings. The maximum atomic E-state index is 11.7. The minimum atomic E-state index is -0.323. The van der Waals surface area contributed by atoms with Gasteiger partial charge in [0, 0.05) is 18.0 Å². The predicted octanol–water partition coefficient (Wildman–Crippen LogP) is 3.79. The summed E-state index contributed by atoms with van der Waals surface area (Å²) in [6, 6.07) is 0. The highest BCUT2D eigenvalue weighted by molar-refractivity contribution is 7.15. The monoisotopic (exact) mass is 308 g/mol. The number of hydrogen-bond acceptors (Lipinski definition) is 5. The number of esters is 1. The zero-order chi connectivity index (χ0) is 14.9. The van der Waals surface area contributed by atoms with E-state index >= 15 is 0 Å². The summed E-state index contributed by atoms with van der Waals surface area (Å²) in [7, 11) is 1.41. The van der Waals surface area contributed by atoms with E-state index in [1.165, 1.54) is 52.1 Å². The number of thiazole rings is 1. The lowest BCUT2D eigenvalue weighted by Crippen LogP contribution is -2.41. The second-order valence-corrected chi connectivity index (χ2v) is 7.62. The van der Waals surface area contributed by atoms with Gasteiger partial charge in [-0.1, -0.05) is 19.3 Å². The number of carbonyl (C=O) groups is 1. The number of hydrogen-bond donors (Lipinski definition) is 0. The molecular formula is C16H24N2O2S. The number of ether oxygens (including phenoxy) is 1. The number of methoxy groups -OCH3 is 1. The lowest BCUT2D eigenvalue weighted by atomic mass is 9.68. The van der Waals surface area contributed by atoms with E-state index in [9.17, 15) is 4.79 Å². The fourth-order valence-electron chi connectivity index (χ4n) is 3.78. The summed E-state index contributed by atoms with van der Waals surface area (Å²) in [5.74, 6) is -0.323. The molecule has 0 unspecified atom stereocenters. The molecule has 0 amide bonds. The first-order valence-electron chi connectivity index (χ1n) is 7.94. The Bertz CT molecular complexity index is 510. The molecule has 1 spiro atoms. The van der Waals surface area contributed by atoms with Crippen molar-refractivity contribution in [2.24, 2.45) is 5.41 Å². The molecule has 1 saturated heterocycles. The summed E-state index contributed by atoms with van der Waals surface area (Å²) < 4.78 is 4.79. The van der Waals surface area contributed by atoms with Gasteiger partial charge in [-0.05, 0) is 38.0 Å². The van der Waals surface area contributed by atoms with Crippen molar-refractivity contribution >= 4 is 22.4 Å². The van der Waals surface area contributed by atoms with Crippen molar-refractivity contribution in [3.05, 3.63) is 10.6 Å². The van der Waals surface area contributed by atoms with Crippen molar-refractivity contribution in [2.75, 3.05) is 25.1 Å². The Hall–Kier alpha value is -1.10. The van der Waals surface area contributed by atoms with Crippen LogP contribution in [-0.2, 0) is 4.74 Å². The largest absolute Gasteiger partial charge is 0.464 e. The highest BCUT2D eigenvalue weighted by Gasteiger charge is 2.36.